The van der Waals surface area contributed by atoms with Gasteiger partial charge < -0.3 is 35.3 Å². The number of benzene rings is 2. The summed E-state index contributed by atoms with van der Waals surface area (Å²) in [7, 11) is 0. The van der Waals surface area contributed by atoms with Gasteiger partial charge in [-0.3, -0.25) is 9.59 Å². The highest BCUT2D eigenvalue weighted by molar-refractivity contribution is 5.86. The average Bonchev–Trinajstić information content (AvgIpc) is 3.02. The zero-order valence-corrected chi connectivity index (χ0v) is 24.2. The molecule has 0 spiro atoms. The Bertz CT molecular complexity index is 1160. The van der Waals surface area contributed by atoms with Crippen molar-refractivity contribution < 1.29 is 38.5 Å². The fourth-order valence-corrected chi connectivity index (χ4v) is 3.96. The second-order valence-electron chi connectivity index (χ2n) is 9.50. The quantitative estimate of drug-likeness (QED) is 0.104. The molecule has 0 saturated heterocycles. The van der Waals surface area contributed by atoms with E-state index in [1.54, 1.807) is 30.3 Å². The van der Waals surface area contributed by atoms with Gasteiger partial charge in [0.2, 0.25) is 11.8 Å². The first kappa shape index (κ1) is 34.7. The van der Waals surface area contributed by atoms with E-state index in [1.165, 1.54) is 6.08 Å². The average molecular weight is 596 g/mol. The third-order valence-corrected chi connectivity index (χ3v) is 6.16. The molecule has 2 rings (SSSR count). The lowest BCUT2D eigenvalue weighted by Crippen LogP contribution is -2.43. The predicted molar refractivity (Wildman–Crippen MR) is 160 cm³/mol. The molecule has 2 aromatic carbocycles. The number of ether oxygens (including phenoxy) is 3. The molecule has 0 aliphatic carbocycles. The maximum absolute atomic E-state index is 13.3. The molecule has 11 nitrogen and oxygen atoms in total. The van der Waals surface area contributed by atoms with E-state index in [9.17, 15) is 19.2 Å². The Morgan fingerprint density at radius 3 is 2.19 bits per heavy atom. The summed E-state index contributed by atoms with van der Waals surface area (Å²) >= 11 is 0. The molecule has 2 aromatic rings. The summed E-state index contributed by atoms with van der Waals surface area (Å²) in [6.07, 6.45) is 2.51. The van der Waals surface area contributed by atoms with E-state index in [4.69, 9.17) is 19.3 Å². The van der Waals surface area contributed by atoms with Gasteiger partial charge in [-0.2, -0.15) is 0 Å². The van der Waals surface area contributed by atoms with Crippen LogP contribution in [0.5, 0.6) is 0 Å². The van der Waals surface area contributed by atoms with E-state index in [0.717, 1.165) is 5.56 Å². The van der Waals surface area contributed by atoms with Crippen LogP contribution < -0.4 is 16.0 Å². The summed E-state index contributed by atoms with van der Waals surface area (Å²) < 4.78 is 15.9. The van der Waals surface area contributed by atoms with Crippen LogP contribution in [0.25, 0.3) is 0 Å². The Morgan fingerprint density at radius 1 is 0.860 bits per heavy atom. The standard InChI is InChI=1S/C32H41N3O8/c1-3-11-26(21-29(37)33-17-19-41-20-18-36)30(38)34-28(25-15-9-6-10-16-25)23-42-31(39)27(12-4-2)35-32(40)43-22-24-13-7-5-8-14-24/h3-10,13-16,26-28,36H,1-2,11-12,17-23H2,(H,33,37)(H,34,38)(H,35,40)/t26-,27+,28-/m0/s1. The highest BCUT2D eigenvalue weighted by Gasteiger charge is 2.27. The van der Waals surface area contributed by atoms with Crippen molar-refractivity contribution in [2.45, 2.75) is 38.0 Å². The van der Waals surface area contributed by atoms with Crippen LogP contribution in [0.3, 0.4) is 0 Å². The summed E-state index contributed by atoms with van der Waals surface area (Å²) in [4.78, 5) is 51.0. The van der Waals surface area contributed by atoms with E-state index in [-0.39, 0.29) is 64.7 Å². The van der Waals surface area contributed by atoms with Gasteiger partial charge in [-0.15, -0.1) is 13.2 Å². The van der Waals surface area contributed by atoms with Gasteiger partial charge >= 0.3 is 12.1 Å². The zero-order valence-electron chi connectivity index (χ0n) is 24.2. The minimum Gasteiger partial charge on any atom is -0.462 e. The number of aliphatic hydroxyl groups is 1. The molecule has 0 unspecified atom stereocenters. The van der Waals surface area contributed by atoms with Gasteiger partial charge in [-0.05, 0) is 24.0 Å². The van der Waals surface area contributed by atoms with Gasteiger partial charge in [0, 0.05) is 13.0 Å². The normalized spacial score (nSPS) is 12.6. The maximum Gasteiger partial charge on any atom is 0.408 e. The van der Waals surface area contributed by atoms with E-state index < -0.39 is 36.0 Å². The molecule has 4 N–H and O–H groups in total. The molecule has 0 saturated carbocycles. The largest absolute Gasteiger partial charge is 0.462 e. The van der Waals surface area contributed by atoms with Gasteiger partial charge in [-0.1, -0.05) is 72.8 Å². The Hall–Kier alpha value is -4.48. The van der Waals surface area contributed by atoms with Crippen molar-refractivity contribution in [2.24, 2.45) is 5.92 Å². The first-order chi connectivity index (χ1) is 20.9. The van der Waals surface area contributed by atoms with Crippen molar-refractivity contribution in [1.82, 2.24) is 16.0 Å². The molecule has 0 aromatic heterocycles. The van der Waals surface area contributed by atoms with Crippen LogP contribution in [0.4, 0.5) is 4.79 Å². The Labute approximate surface area is 252 Å². The van der Waals surface area contributed by atoms with Crippen LogP contribution in [0.2, 0.25) is 0 Å². The highest BCUT2D eigenvalue weighted by Crippen LogP contribution is 2.17. The molecule has 0 aliphatic heterocycles. The molecule has 0 heterocycles. The number of aliphatic hydroxyl groups excluding tert-OH is 1. The Balaban J connectivity index is 2.00. The van der Waals surface area contributed by atoms with Gasteiger partial charge in [0.1, 0.15) is 19.3 Å². The van der Waals surface area contributed by atoms with Crippen molar-refractivity contribution in [2.75, 3.05) is 33.0 Å². The minimum absolute atomic E-state index is 0.0338. The molecule has 0 fully saturated rings. The van der Waals surface area contributed by atoms with Crippen molar-refractivity contribution in [3.8, 4) is 0 Å². The van der Waals surface area contributed by atoms with Gasteiger partial charge in [-0.25, -0.2) is 9.59 Å². The number of amides is 3. The van der Waals surface area contributed by atoms with Gasteiger partial charge in [0.05, 0.1) is 31.8 Å². The number of nitrogens with one attached hydrogen (secondary N) is 3. The van der Waals surface area contributed by atoms with Crippen molar-refractivity contribution in [1.29, 1.82) is 0 Å². The van der Waals surface area contributed by atoms with Crippen molar-refractivity contribution >= 4 is 23.9 Å². The molecule has 0 radical (unpaired) electrons. The monoisotopic (exact) mass is 595 g/mol. The predicted octanol–water partition coefficient (Wildman–Crippen LogP) is 2.97. The molecule has 11 heteroatoms. The van der Waals surface area contributed by atoms with Crippen molar-refractivity contribution in [3.63, 3.8) is 0 Å². The topological polar surface area (TPSA) is 152 Å². The lowest BCUT2D eigenvalue weighted by atomic mass is 9.98. The SMILES string of the molecule is C=CC[C@@H](CC(=O)NCCOCCO)C(=O)N[C@@H](COC(=O)[C@@H](CC=C)NC(=O)OCc1ccccc1)c1ccccc1. The summed E-state index contributed by atoms with van der Waals surface area (Å²) in [6, 6.07) is 16.3. The van der Waals surface area contributed by atoms with Gasteiger partial charge in [0.15, 0.2) is 0 Å². The number of esters is 1. The van der Waals surface area contributed by atoms with E-state index in [0.29, 0.717) is 5.56 Å². The first-order valence-electron chi connectivity index (χ1n) is 14.0. The molecule has 3 amide bonds. The Morgan fingerprint density at radius 2 is 1.53 bits per heavy atom. The summed E-state index contributed by atoms with van der Waals surface area (Å²) in [5.74, 6) is -2.19. The number of allylic oxidation sites excluding steroid dienone is 1. The number of carbonyl (C=O) groups excluding carboxylic acids is 4. The fraction of sp³-hybridized carbons (Fsp3) is 0.375. The lowest BCUT2D eigenvalue weighted by molar-refractivity contribution is -0.147. The van der Waals surface area contributed by atoms with Crippen LogP contribution >= 0.6 is 0 Å². The molecule has 0 bridgehead atoms. The summed E-state index contributed by atoms with van der Waals surface area (Å²) in [5.41, 5.74) is 1.48. The molecule has 43 heavy (non-hydrogen) atoms. The number of hydrogen-bond donors (Lipinski definition) is 4. The smallest absolute Gasteiger partial charge is 0.408 e. The maximum atomic E-state index is 13.3. The molecule has 3 atom stereocenters. The number of alkyl carbamates (subject to hydrolysis) is 1. The molecular formula is C32H41N3O8. The van der Waals surface area contributed by atoms with Crippen LogP contribution in [0.15, 0.2) is 86.0 Å². The van der Waals surface area contributed by atoms with Crippen LogP contribution in [-0.4, -0.2) is 68.0 Å². The summed E-state index contributed by atoms with van der Waals surface area (Å²) in [6.45, 7) is 7.68. The second-order valence-corrected chi connectivity index (χ2v) is 9.50. The second kappa shape index (κ2) is 20.4. The molecule has 232 valence electrons. The van der Waals surface area contributed by atoms with Crippen LogP contribution in [-0.2, 0) is 35.2 Å². The van der Waals surface area contributed by atoms with E-state index in [2.05, 4.69) is 29.1 Å². The lowest BCUT2D eigenvalue weighted by Gasteiger charge is -2.24. The zero-order chi connectivity index (χ0) is 31.3. The number of hydrogen-bond acceptors (Lipinski definition) is 8. The molecular weight excluding hydrogens is 554 g/mol. The fourth-order valence-electron chi connectivity index (χ4n) is 3.96. The molecule has 0 aliphatic rings. The summed E-state index contributed by atoms with van der Waals surface area (Å²) in [5, 5.41) is 16.8. The highest BCUT2D eigenvalue weighted by atomic mass is 16.6. The third kappa shape index (κ3) is 13.8. The van der Waals surface area contributed by atoms with Crippen LogP contribution in [0, 0.1) is 5.92 Å². The van der Waals surface area contributed by atoms with E-state index >= 15 is 0 Å². The first-order valence-corrected chi connectivity index (χ1v) is 14.0. The third-order valence-electron chi connectivity index (χ3n) is 6.16. The van der Waals surface area contributed by atoms with E-state index in [1.807, 2.05) is 36.4 Å². The minimum atomic E-state index is -1.05. The number of carbonyl (C=O) groups is 4. The number of rotatable bonds is 20. The van der Waals surface area contributed by atoms with Gasteiger partial charge in [0.25, 0.3) is 0 Å². The van der Waals surface area contributed by atoms with Crippen LogP contribution in [0.1, 0.15) is 36.4 Å². The Kier molecular flexibility index (Phi) is 16.5. The van der Waals surface area contributed by atoms with Crippen molar-refractivity contribution in [3.05, 3.63) is 97.1 Å².